The van der Waals surface area contributed by atoms with Gasteiger partial charge in [-0.3, -0.25) is 4.90 Å². The van der Waals surface area contributed by atoms with Crippen LogP contribution in [0.15, 0.2) is 22.7 Å². The Balaban J connectivity index is 2.53. The normalized spacial score (nSPS) is 13.9. The minimum atomic E-state index is -4.23. The average molecular weight is 361 g/mol. The zero-order valence-corrected chi connectivity index (χ0v) is 12.6. The molecule has 0 aliphatic heterocycles. The lowest BCUT2D eigenvalue weighted by Gasteiger charge is -2.20. The van der Waals surface area contributed by atoms with Gasteiger partial charge in [-0.2, -0.15) is 13.2 Å². The third kappa shape index (κ3) is 6.12. The molecule has 0 amide bonds. The fourth-order valence-electron chi connectivity index (χ4n) is 1.66. The van der Waals surface area contributed by atoms with Crippen molar-refractivity contribution in [1.82, 2.24) is 4.90 Å². The summed E-state index contributed by atoms with van der Waals surface area (Å²) in [5.41, 5.74) is 0.519. The van der Waals surface area contributed by atoms with E-state index >= 15 is 0 Å². The van der Waals surface area contributed by atoms with Gasteiger partial charge in [-0.15, -0.1) is 0 Å². The van der Waals surface area contributed by atoms with Crippen LogP contribution in [0.3, 0.4) is 0 Å². The second-order valence-corrected chi connectivity index (χ2v) is 5.65. The van der Waals surface area contributed by atoms with E-state index in [0.717, 1.165) is 9.37 Å². The maximum Gasteiger partial charge on any atom is 0.401 e. The number of hydrogen-bond donors (Lipinski definition) is 1. The smallest absolute Gasteiger partial charge is 0.388 e. The highest BCUT2D eigenvalue weighted by Crippen LogP contribution is 2.28. The molecule has 1 rings (SSSR count). The van der Waals surface area contributed by atoms with Crippen molar-refractivity contribution in [1.29, 1.82) is 0 Å². The molecule has 0 radical (unpaired) electrons. The molecule has 0 heterocycles. The molecule has 0 saturated heterocycles. The van der Waals surface area contributed by atoms with Crippen molar-refractivity contribution in [2.45, 2.75) is 18.7 Å². The fraction of sp³-hybridized carbons (Fsp3) is 0.500. The minimum absolute atomic E-state index is 0.132. The van der Waals surface area contributed by atoms with Crippen LogP contribution in [0.2, 0.25) is 5.02 Å². The van der Waals surface area contributed by atoms with E-state index in [2.05, 4.69) is 15.9 Å². The molecule has 1 aromatic carbocycles. The van der Waals surface area contributed by atoms with Crippen LogP contribution in [0.5, 0.6) is 0 Å². The van der Waals surface area contributed by atoms with Gasteiger partial charge in [-0.25, -0.2) is 0 Å². The van der Waals surface area contributed by atoms with Gasteiger partial charge in [0.25, 0.3) is 0 Å². The molecule has 0 aliphatic rings. The van der Waals surface area contributed by atoms with Gasteiger partial charge in [0.2, 0.25) is 0 Å². The van der Waals surface area contributed by atoms with Crippen LogP contribution in [0.1, 0.15) is 18.1 Å². The Morgan fingerprint density at radius 2 is 2.05 bits per heavy atom. The zero-order chi connectivity index (χ0) is 14.6. The summed E-state index contributed by atoms with van der Waals surface area (Å²) < 4.78 is 37.2. The molecular formula is C12H14BrClF3NO. The van der Waals surface area contributed by atoms with Crippen molar-refractivity contribution >= 4 is 27.5 Å². The summed E-state index contributed by atoms with van der Waals surface area (Å²) in [6.07, 6.45) is -4.92. The molecule has 0 spiro atoms. The number of alkyl halides is 3. The van der Waals surface area contributed by atoms with Crippen LogP contribution in [0.25, 0.3) is 0 Å². The summed E-state index contributed by atoms with van der Waals surface area (Å²) in [6, 6.07) is 5.02. The minimum Gasteiger partial charge on any atom is -0.388 e. The number of aliphatic hydroxyl groups is 1. The molecule has 108 valence electrons. The Hall–Kier alpha value is -0.300. The van der Waals surface area contributed by atoms with E-state index < -0.39 is 18.8 Å². The Bertz CT molecular complexity index is 428. The monoisotopic (exact) mass is 359 g/mol. The van der Waals surface area contributed by atoms with Crippen molar-refractivity contribution in [2.75, 3.05) is 20.1 Å². The predicted octanol–water partition coefficient (Wildman–Crippen LogP) is 4.02. The lowest BCUT2D eigenvalue weighted by atomic mass is 10.1. The van der Waals surface area contributed by atoms with E-state index in [1.807, 2.05) is 0 Å². The van der Waals surface area contributed by atoms with Gasteiger partial charge in [-0.05, 0) is 31.2 Å². The van der Waals surface area contributed by atoms with Crippen LogP contribution in [-0.4, -0.2) is 36.3 Å². The van der Waals surface area contributed by atoms with Gasteiger partial charge < -0.3 is 5.11 Å². The van der Waals surface area contributed by atoms with Crippen LogP contribution in [0.4, 0.5) is 13.2 Å². The van der Waals surface area contributed by atoms with Gasteiger partial charge in [0, 0.05) is 16.0 Å². The van der Waals surface area contributed by atoms with Crippen LogP contribution >= 0.6 is 27.5 Å². The van der Waals surface area contributed by atoms with Crippen molar-refractivity contribution in [3.63, 3.8) is 0 Å². The highest BCUT2D eigenvalue weighted by Gasteiger charge is 2.29. The molecule has 19 heavy (non-hydrogen) atoms. The third-order valence-electron chi connectivity index (χ3n) is 2.55. The molecule has 0 fully saturated rings. The molecule has 1 aromatic rings. The molecule has 0 aliphatic carbocycles. The van der Waals surface area contributed by atoms with Crippen LogP contribution in [-0.2, 0) is 0 Å². The van der Waals surface area contributed by atoms with Gasteiger partial charge >= 0.3 is 6.18 Å². The quantitative estimate of drug-likeness (QED) is 0.857. The summed E-state index contributed by atoms with van der Waals surface area (Å²) in [5, 5.41) is 10.3. The van der Waals surface area contributed by atoms with Gasteiger partial charge in [-0.1, -0.05) is 33.6 Å². The Morgan fingerprint density at radius 1 is 1.42 bits per heavy atom. The van der Waals surface area contributed by atoms with Gasteiger partial charge in [0.05, 0.1) is 12.6 Å². The molecular weight excluding hydrogens is 346 g/mol. The Morgan fingerprint density at radius 3 is 2.58 bits per heavy atom. The zero-order valence-electron chi connectivity index (χ0n) is 10.2. The summed E-state index contributed by atoms with van der Waals surface area (Å²) in [6.45, 7) is -0.860. The van der Waals surface area contributed by atoms with E-state index in [4.69, 9.17) is 11.6 Å². The SMILES string of the molecule is CN(CCC(O)c1ccc(Br)cc1Cl)CC(F)(F)F. The molecule has 0 aromatic heterocycles. The summed E-state index contributed by atoms with van der Waals surface area (Å²) in [7, 11) is 1.36. The molecule has 7 heteroatoms. The van der Waals surface area contributed by atoms with Gasteiger partial charge in [0.1, 0.15) is 0 Å². The first kappa shape index (κ1) is 16.8. The number of halogens is 5. The first-order valence-corrected chi connectivity index (χ1v) is 6.74. The highest BCUT2D eigenvalue weighted by atomic mass is 79.9. The standard InChI is InChI=1S/C12H14BrClF3NO/c1-18(7-12(15,16)17)5-4-11(19)9-3-2-8(13)6-10(9)14/h2-3,6,11,19H,4-5,7H2,1H3. The number of rotatable bonds is 5. The fourth-order valence-corrected chi connectivity index (χ4v) is 2.45. The summed E-state index contributed by atoms with van der Waals surface area (Å²) in [4.78, 5) is 1.12. The average Bonchev–Trinajstić information content (AvgIpc) is 2.23. The summed E-state index contributed by atoms with van der Waals surface area (Å²) >= 11 is 9.20. The maximum atomic E-state index is 12.1. The third-order valence-corrected chi connectivity index (χ3v) is 3.38. The molecule has 2 nitrogen and oxygen atoms in total. The van der Waals surface area contributed by atoms with Gasteiger partial charge in [0.15, 0.2) is 0 Å². The van der Waals surface area contributed by atoms with E-state index in [0.29, 0.717) is 10.6 Å². The predicted molar refractivity (Wildman–Crippen MR) is 72.3 cm³/mol. The number of benzene rings is 1. The first-order chi connectivity index (χ1) is 8.69. The number of aliphatic hydroxyl groups excluding tert-OH is 1. The second-order valence-electron chi connectivity index (χ2n) is 4.32. The molecule has 1 unspecified atom stereocenters. The van der Waals surface area contributed by atoms with Crippen molar-refractivity contribution in [2.24, 2.45) is 0 Å². The lowest BCUT2D eigenvalue weighted by Crippen LogP contribution is -2.32. The number of nitrogens with zero attached hydrogens (tertiary/aromatic N) is 1. The molecule has 0 saturated carbocycles. The lowest BCUT2D eigenvalue weighted by molar-refractivity contribution is -0.143. The Kier molecular flexibility index (Phi) is 6.11. The van der Waals surface area contributed by atoms with Crippen molar-refractivity contribution in [3.05, 3.63) is 33.3 Å². The van der Waals surface area contributed by atoms with E-state index in [1.54, 1.807) is 18.2 Å². The second kappa shape index (κ2) is 6.92. The molecule has 1 N–H and O–H groups in total. The summed E-state index contributed by atoms with van der Waals surface area (Å²) in [5.74, 6) is 0. The first-order valence-electron chi connectivity index (χ1n) is 5.57. The van der Waals surface area contributed by atoms with E-state index in [1.165, 1.54) is 7.05 Å². The topological polar surface area (TPSA) is 23.5 Å². The Labute approximate surface area is 123 Å². The van der Waals surface area contributed by atoms with Crippen molar-refractivity contribution in [3.8, 4) is 0 Å². The van der Waals surface area contributed by atoms with Crippen LogP contribution < -0.4 is 0 Å². The molecule has 1 atom stereocenters. The van der Waals surface area contributed by atoms with E-state index in [-0.39, 0.29) is 13.0 Å². The maximum absolute atomic E-state index is 12.1. The van der Waals surface area contributed by atoms with Crippen molar-refractivity contribution < 1.29 is 18.3 Å². The number of hydrogen-bond acceptors (Lipinski definition) is 2. The van der Waals surface area contributed by atoms with Crippen LogP contribution in [0, 0.1) is 0 Å². The largest absolute Gasteiger partial charge is 0.401 e. The highest BCUT2D eigenvalue weighted by molar-refractivity contribution is 9.10. The van der Waals surface area contributed by atoms with E-state index in [9.17, 15) is 18.3 Å². The molecule has 0 bridgehead atoms.